The maximum absolute atomic E-state index is 12.1. The van der Waals surface area contributed by atoms with Crippen LogP contribution in [0.15, 0.2) is 0 Å². The molecule has 2 N–H and O–H groups in total. The van der Waals surface area contributed by atoms with Gasteiger partial charge in [-0.3, -0.25) is 4.79 Å². The van der Waals surface area contributed by atoms with Crippen molar-refractivity contribution >= 4 is 23.1 Å². The van der Waals surface area contributed by atoms with Gasteiger partial charge in [-0.15, -0.1) is 0 Å². The molecule has 0 aromatic rings. The summed E-state index contributed by atoms with van der Waals surface area (Å²) >= 11 is 4.83. The third-order valence-corrected chi connectivity index (χ3v) is 3.74. The number of rotatable bonds is 7. The van der Waals surface area contributed by atoms with Gasteiger partial charge in [0, 0.05) is 26.6 Å². The third-order valence-electron chi connectivity index (χ3n) is 3.53. The summed E-state index contributed by atoms with van der Waals surface area (Å²) in [5.41, 5.74) is 5.25. The number of hydrogen-bond acceptors (Lipinski definition) is 3. The van der Waals surface area contributed by atoms with Crippen molar-refractivity contribution in [3.05, 3.63) is 0 Å². The van der Waals surface area contributed by atoms with Crippen LogP contribution in [0.4, 0.5) is 0 Å². The molecule has 1 amide bonds. The summed E-state index contributed by atoms with van der Waals surface area (Å²) in [6, 6.07) is 0. The lowest BCUT2D eigenvalue weighted by molar-refractivity contribution is -0.143. The zero-order chi connectivity index (χ0) is 12.9. The van der Waals surface area contributed by atoms with Crippen LogP contribution in [0.25, 0.3) is 0 Å². The van der Waals surface area contributed by atoms with E-state index >= 15 is 0 Å². The van der Waals surface area contributed by atoms with Crippen molar-refractivity contribution in [3.8, 4) is 0 Å². The smallest absolute Gasteiger partial charge is 0.225 e. The van der Waals surface area contributed by atoms with Crippen LogP contribution in [-0.2, 0) is 9.53 Å². The summed E-state index contributed by atoms with van der Waals surface area (Å²) in [5.74, 6) is 0.144. The molecule has 0 aliphatic heterocycles. The molecule has 0 atom stereocenters. The molecular weight excluding hydrogens is 236 g/mol. The Morgan fingerprint density at radius 2 is 2.18 bits per heavy atom. The molecule has 1 aliphatic rings. The Morgan fingerprint density at radius 3 is 2.53 bits per heavy atom. The largest absolute Gasteiger partial charge is 0.393 e. The number of amides is 1. The topological polar surface area (TPSA) is 55.6 Å². The highest BCUT2D eigenvalue weighted by Crippen LogP contribution is 2.38. The summed E-state index contributed by atoms with van der Waals surface area (Å²) < 4.78 is 5.47. The summed E-state index contributed by atoms with van der Waals surface area (Å²) in [6.45, 7) is 3.28. The van der Waals surface area contributed by atoms with Gasteiger partial charge >= 0.3 is 0 Å². The lowest BCUT2D eigenvalue weighted by Crippen LogP contribution is -2.45. The van der Waals surface area contributed by atoms with Gasteiger partial charge in [-0.25, -0.2) is 0 Å². The first-order valence-corrected chi connectivity index (χ1v) is 6.55. The normalized spacial score (nSPS) is 17.3. The average molecular weight is 258 g/mol. The second kappa shape index (κ2) is 6.31. The van der Waals surface area contributed by atoms with Crippen LogP contribution in [0.1, 0.15) is 39.0 Å². The van der Waals surface area contributed by atoms with E-state index in [4.69, 9.17) is 22.7 Å². The van der Waals surface area contributed by atoms with Crippen molar-refractivity contribution in [3.63, 3.8) is 0 Å². The Morgan fingerprint density at radius 1 is 1.53 bits per heavy atom. The molecule has 0 aromatic heterocycles. The Bertz CT molecular complexity index is 285. The van der Waals surface area contributed by atoms with Gasteiger partial charge in [-0.1, -0.05) is 12.2 Å². The van der Waals surface area contributed by atoms with E-state index in [1.807, 2.05) is 6.92 Å². The predicted octanol–water partition coefficient (Wildman–Crippen LogP) is 1.47. The van der Waals surface area contributed by atoms with Crippen LogP contribution in [0.3, 0.4) is 0 Å². The Kier molecular flexibility index (Phi) is 5.33. The van der Waals surface area contributed by atoms with Gasteiger partial charge in [0.2, 0.25) is 5.91 Å². The van der Waals surface area contributed by atoms with E-state index in [1.54, 1.807) is 12.0 Å². The van der Waals surface area contributed by atoms with Crippen molar-refractivity contribution in [2.45, 2.75) is 44.6 Å². The molecule has 0 aromatic carbocycles. The van der Waals surface area contributed by atoms with E-state index in [0.717, 1.165) is 19.3 Å². The molecule has 1 fully saturated rings. The summed E-state index contributed by atoms with van der Waals surface area (Å²) in [6.07, 6.45) is 4.20. The van der Waals surface area contributed by atoms with Crippen molar-refractivity contribution in [2.24, 2.45) is 5.73 Å². The van der Waals surface area contributed by atoms with Crippen molar-refractivity contribution < 1.29 is 9.53 Å². The van der Waals surface area contributed by atoms with Crippen LogP contribution >= 0.6 is 12.2 Å². The second-order valence-corrected chi connectivity index (χ2v) is 5.13. The fraction of sp³-hybridized carbons (Fsp3) is 0.833. The molecule has 1 rings (SSSR count). The minimum absolute atomic E-state index is 0.144. The van der Waals surface area contributed by atoms with Gasteiger partial charge in [0.1, 0.15) is 0 Å². The molecule has 5 heteroatoms. The van der Waals surface area contributed by atoms with E-state index in [-0.39, 0.29) is 11.5 Å². The lowest BCUT2D eigenvalue weighted by Gasteiger charge is -2.41. The highest BCUT2D eigenvalue weighted by atomic mass is 32.1. The zero-order valence-corrected chi connectivity index (χ0v) is 11.5. The Balaban J connectivity index is 2.45. The molecule has 0 radical (unpaired) electrons. The zero-order valence-electron chi connectivity index (χ0n) is 10.7. The van der Waals surface area contributed by atoms with Crippen LogP contribution in [0.5, 0.6) is 0 Å². The molecule has 17 heavy (non-hydrogen) atoms. The molecule has 0 bridgehead atoms. The van der Waals surface area contributed by atoms with E-state index in [9.17, 15) is 4.79 Å². The van der Waals surface area contributed by atoms with Crippen molar-refractivity contribution in [1.29, 1.82) is 0 Å². The quantitative estimate of drug-likeness (QED) is 0.703. The number of methoxy groups -OCH3 is 1. The molecule has 0 heterocycles. The summed E-state index contributed by atoms with van der Waals surface area (Å²) in [7, 11) is 1.69. The standard InChI is InChI=1S/C12H22N2O2S/c1-3-14(8-5-10(13)17)11(15)9-12(16-2)6-4-7-12/h3-9H2,1-2H3,(H2,13,17). The maximum Gasteiger partial charge on any atom is 0.225 e. The number of carbonyl (C=O) groups is 1. The molecule has 1 saturated carbocycles. The number of nitrogens with zero attached hydrogens (tertiary/aromatic N) is 1. The first kappa shape index (κ1) is 14.4. The summed E-state index contributed by atoms with van der Waals surface area (Å²) in [5, 5.41) is 0. The van der Waals surface area contributed by atoms with Crippen LogP contribution in [0, 0.1) is 0 Å². The van der Waals surface area contributed by atoms with Gasteiger partial charge in [0.05, 0.1) is 17.0 Å². The molecule has 0 spiro atoms. The number of thiocarbonyl (C=S) groups is 1. The van der Waals surface area contributed by atoms with Crippen LogP contribution in [0.2, 0.25) is 0 Å². The van der Waals surface area contributed by atoms with Crippen LogP contribution < -0.4 is 5.73 Å². The lowest BCUT2D eigenvalue weighted by atomic mass is 9.77. The molecule has 98 valence electrons. The molecule has 1 aliphatic carbocycles. The van der Waals surface area contributed by atoms with Gasteiger partial charge in [0.15, 0.2) is 0 Å². The molecule has 4 nitrogen and oxygen atoms in total. The van der Waals surface area contributed by atoms with E-state index in [2.05, 4.69) is 0 Å². The van der Waals surface area contributed by atoms with E-state index in [1.165, 1.54) is 0 Å². The number of hydrogen-bond donors (Lipinski definition) is 1. The molecular formula is C12H22N2O2S. The van der Waals surface area contributed by atoms with Crippen molar-refractivity contribution in [1.82, 2.24) is 4.90 Å². The number of nitrogens with two attached hydrogens (primary N) is 1. The van der Waals surface area contributed by atoms with Crippen molar-refractivity contribution in [2.75, 3.05) is 20.2 Å². The van der Waals surface area contributed by atoms with Gasteiger partial charge < -0.3 is 15.4 Å². The van der Waals surface area contributed by atoms with Gasteiger partial charge in [0.25, 0.3) is 0 Å². The van der Waals surface area contributed by atoms with E-state index < -0.39 is 0 Å². The van der Waals surface area contributed by atoms with Gasteiger partial charge in [-0.05, 0) is 26.2 Å². The van der Waals surface area contributed by atoms with E-state index in [0.29, 0.717) is 30.9 Å². The SMILES string of the molecule is CCN(CCC(N)=S)C(=O)CC1(OC)CCC1. The Labute approximate surface area is 108 Å². The Hall–Kier alpha value is -0.680. The van der Waals surface area contributed by atoms with Gasteiger partial charge in [-0.2, -0.15) is 0 Å². The van der Waals surface area contributed by atoms with Crippen LogP contribution in [-0.4, -0.2) is 41.6 Å². The highest BCUT2D eigenvalue weighted by Gasteiger charge is 2.39. The predicted molar refractivity (Wildman–Crippen MR) is 71.9 cm³/mol. The minimum Gasteiger partial charge on any atom is -0.393 e. The first-order valence-electron chi connectivity index (χ1n) is 6.14. The number of ether oxygens (including phenoxy) is 1. The second-order valence-electron chi connectivity index (χ2n) is 4.61. The highest BCUT2D eigenvalue weighted by molar-refractivity contribution is 7.80. The summed E-state index contributed by atoms with van der Waals surface area (Å²) in [4.78, 5) is 14.4. The molecule has 0 unspecified atom stereocenters. The fourth-order valence-corrected chi connectivity index (χ4v) is 2.21. The first-order chi connectivity index (χ1) is 8.03. The average Bonchev–Trinajstić information content (AvgIpc) is 2.24. The maximum atomic E-state index is 12.1. The molecule has 0 saturated heterocycles. The number of carbonyl (C=O) groups excluding carboxylic acids is 1. The third kappa shape index (κ3) is 3.92. The fourth-order valence-electron chi connectivity index (χ4n) is 2.12. The monoisotopic (exact) mass is 258 g/mol. The minimum atomic E-state index is -0.201.